The topological polar surface area (TPSA) is 133 Å². The van der Waals surface area contributed by atoms with Crippen molar-refractivity contribution in [3.05, 3.63) is 99.1 Å². The Morgan fingerprint density at radius 3 is 2.29 bits per heavy atom. The largest absolute Gasteiger partial charge is 0.497 e. The summed E-state index contributed by atoms with van der Waals surface area (Å²) >= 11 is 0. The number of rotatable bonds is 7. The first-order valence-corrected chi connectivity index (χ1v) is 9.92. The van der Waals surface area contributed by atoms with Gasteiger partial charge < -0.3 is 9.47 Å². The fourth-order valence-corrected chi connectivity index (χ4v) is 3.42. The van der Waals surface area contributed by atoms with E-state index in [1.807, 2.05) is 0 Å². The lowest BCUT2D eigenvalue weighted by Crippen LogP contribution is -2.29. The lowest BCUT2D eigenvalue weighted by molar-refractivity contribution is -0.384. The van der Waals surface area contributed by atoms with Crippen LogP contribution >= 0.6 is 0 Å². The van der Waals surface area contributed by atoms with Gasteiger partial charge in [0.15, 0.2) is 12.4 Å². The van der Waals surface area contributed by atoms with Crippen LogP contribution in [0.15, 0.2) is 66.7 Å². The maximum absolute atomic E-state index is 12.9. The highest BCUT2D eigenvalue weighted by atomic mass is 16.6. The lowest BCUT2D eigenvalue weighted by Gasteiger charge is -2.13. The third kappa shape index (κ3) is 4.11. The molecular formula is C24H16N2O8. The fraction of sp³-hybridized carbons (Fsp3) is 0.0833. The molecule has 0 aliphatic carbocycles. The Labute approximate surface area is 192 Å². The zero-order valence-corrected chi connectivity index (χ0v) is 17.7. The first-order chi connectivity index (χ1) is 16.3. The Bertz CT molecular complexity index is 1350. The van der Waals surface area contributed by atoms with Crippen molar-refractivity contribution in [3.63, 3.8) is 0 Å². The van der Waals surface area contributed by atoms with Crippen LogP contribution in [-0.4, -0.2) is 42.2 Å². The summed E-state index contributed by atoms with van der Waals surface area (Å²) in [6.07, 6.45) is 0. The van der Waals surface area contributed by atoms with Crippen LogP contribution in [-0.2, 0) is 4.74 Å². The van der Waals surface area contributed by atoms with Gasteiger partial charge in [-0.3, -0.25) is 24.5 Å². The van der Waals surface area contributed by atoms with Crippen molar-refractivity contribution in [1.29, 1.82) is 0 Å². The van der Waals surface area contributed by atoms with Crippen LogP contribution < -0.4 is 9.64 Å². The van der Waals surface area contributed by atoms with Gasteiger partial charge in [0.05, 0.1) is 34.4 Å². The Kier molecular flexibility index (Phi) is 5.88. The first-order valence-electron chi connectivity index (χ1n) is 9.92. The van der Waals surface area contributed by atoms with Crippen LogP contribution in [0.5, 0.6) is 5.75 Å². The summed E-state index contributed by atoms with van der Waals surface area (Å²) < 4.78 is 10.1. The average molecular weight is 460 g/mol. The SMILES string of the molecule is COc1cccc(C(=O)COC(=O)c2ccc3c(c2)C(=O)N(c2ccc([N+](=O)[O-])cc2)C3=O)c1. The van der Waals surface area contributed by atoms with Gasteiger partial charge in [-0.2, -0.15) is 0 Å². The van der Waals surface area contributed by atoms with Crippen molar-refractivity contribution >= 4 is 34.9 Å². The molecule has 4 rings (SSSR count). The van der Waals surface area contributed by atoms with Crippen molar-refractivity contribution in [3.8, 4) is 5.75 Å². The van der Waals surface area contributed by atoms with Crippen molar-refractivity contribution in [2.24, 2.45) is 0 Å². The minimum atomic E-state index is -0.840. The van der Waals surface area contributed by atoms with E-state index in [-0.39, 0.29) is 28.1 Å². The number of anilines is 1. The third-order valence-electron chi connectivity index (χ3n) is 5.17. The van der Waals surface area contributed by atoms with E-state index in [0.29, 0.717) is 11.3 Å². The van der Waals surface area contributed by atoms with E-state index in [2.05, 4.69) is 0 Å². The number of nitrogens with zero attached hydrogens (tertiary/aromatic N) is 2. The highest BCUT2D eigenvalue weighted by molar-refractivity contribution is 6.34. The molecule has 10 nitrogen and oxygen atoms in total. The summed E-state index contributed by atoms with van der Waals surface area (Å²) in [5, 5.41) is 10.8. The molecule has 0 N–H and O–H groups in total. The van der Waals surface area contributed by atoms with Crippen molar-refractivity contribution in [2.45, 2.75) is 0 Å². The molecule has 3 aromatic rings. The molecule has 0 fully saturated rings. The summed E-state index contributed by atoms with van der Waals surface area (Å²) in [6, 6.07) is 15.2. The molecular weight excluding hydrogens is 444 g/mol. The molecule has 0 spiro atoms. The van der Waals surface area contributed by atoms with Gasteiger partial charge in [0, 0.05) is 17.7 Å². The lowest BCUT2D eigenvalue weighted by atomic mass is 10.1. The number of Topliss-reactive ketones (excluding diaryl/α,β-unsaturated/α-hetero) is 1. The molecule has 1 heterocycles. The van der Waals surface area contributed by atoms with E-state index in [1.54, 1.807) is 18.2 Å². The molecule has 0 atom stereocenters. The number of hydrogen-bond acceptors (Lipinski definition) is 8. The molecule has 0 radical (unpaired) electrons. The second kappa shape index (κ2) is 8.94. The number of amides is 2. The van der Waals surface area contributed by atoms with Crippen LogP contribution in [0.4, 0.5) is 11.4 Å². The molecule has 3 aromatic carbocycles. The number of nitro groups is 1. The van der Waals surface area contributed by atoms with E-state index in [0.717, 1.165) is 4.90 Å². The Morgan fingerprint density at radius 2 is 1.62 bits per heavy atom. The highest BCUT2D eigenvalue weighted by Gasteiger charge is 2.37. The van der Waals surface area contributed by atoms with Crippen LogP contribution in [0.2, 0.25) is 0 Å². The Balaban J connectivity index is 1.49. The Hall–Kier alpha value is -4.86. The van der Waals surface area contributed by atoms with Gasteiger partial charge in [-0.25, -0.2) is 9.69 Å². The molecule has 0 saturated heterocycles. The molecule has 0 aromatic heterocycles. The number of esters is 1. The smallest absolute Gasteiger partial charge is 0.338 e. The molecule has 2 amide bonds. The minimum absolute atomic E-state index is 0.0103. The number of non-ortho nitro benzene ring substituents is 1. The summed E-state index contributed by atoms with van der Waals surface area (Å²) in [6.45, 7) is -0.523. The molecule has 10 heteroatoms. The summed E-state index contributed by atoms with van der Waals surface area (Å²) in [5.41, 5.74) is 0.326. The van der Waals surface area contributed by atoms with Gasteiger partial charge in [-0.1, -0.05) is 12.1 Å². The van der Waals surface area contributed by atoms with E-state index < -0.39 is 35.1 Å². The van der Waals surface area contributed by atoms with Gasteiger partial charge in [0.2, 0.25) is 0 Å². The van der Waals surface area contributed by atoms with Gasteiger partial charge in [-0.05, 0) is 42.5 Å². The first kappa shape index (κ1) is 22.3. The maximum atomic E-state index is 12.9. The van der Waals surface area contributed by atoms with E-state index in [4.69, 9.17) is 9.47 Å². The van der Waals surface area contributed by atoms with Crippen molar-refractivity contribution in [2.75, 3.05) is 18.6 Å². The van der Waals surface area contributed by atoms with E-state index in [9.17, 15) is 29.3 Å². The summed E-state index contributed by atoms with van der Waals surface area (Å²) in [4.78, 5) is 61.5. The van der Waals surface area contributed by atoms with Crippen LogP contribution in [0.1, 0.15) is 41.4 Å². The molecule has 34 heavy (non-hydrogen) atoms. The van der Waals surface area contributed by atoms with Gasteiger partial charge in [0.1, 0.15) is 5.75 Å². The number of fused-ring (bicyclic) bond motifs is 1. The highest BCUT2D eigenvalue weighted by Crippen LogP contribution is 2.30. The predicted octanol–water partition coefficient (Wildman–Crippen LogP) is 3.44. The molecule has 1 aliphatic heterocycles. The number of imide groups is 1. The number of carbonyl (C=O) groups is 4. The molecule has 0 saturated carbocycles. The monoisotopic (exact) mass is 460 g/mol. The number of ketones is 1. The molecule has 0 bridgehead atoms. The fourth-order valence-electron chi connectivity index (χ4n) is 3.42. The summed E-state index contributed by atoms with van der Waals surface area (Å²) in [5.74, 6) is -2.11. The third-order valence-corrected chi connectivity index (χ3v) is 5.17. The van der Waals surface area contributed by atoms with Gasteiger partial charge in [-0.15, -0.1) is 0 Å². The number of benzene rings is 3. The molecule has 0 unspecified atom stereocenters. The summed E-state index contributed by atoms with van der Waals surface area (Å²) in [7, 11) is 1.46. The van der Waals surface area contributed by atoms with Crippen LogP contribution in [0, 0.1) is 10.1 Å². The second-order valence-electron chi connectivity index (χ2n) is 7.21. The maximum Gasteiger partial charge on any atom is 0.338 e. The molecule has 1 aliphatic rings. The zero-order chi connectivity index (χ0) is 24.4. The number of hydrogen-bond donors (Lipinski definition) is 0. The van der Waals surface area contributed by atoms with Crippen molar-refractivity contribution in [1.82, 2.24) is 0 Å². The number of ether oxygens (including phenoxy) is 2. The molecule has 170 valence electrons. The van der Waals surface area contributed by atoms with Crippen LogP contribution in [0.3, 0.4) is 0 Å². The number of nitro benzene ring substituents is 1. The van der Waals surface area contributed by atoms with E-state index in [1.165, 1.54) is 55.6 Å². The van der Waals surface area contributed by atoms with E-state index >= 15 is 0 Å². The number of methoxy groups -OCH3 is 1. The second-order valence-corrected chi connectivity index (χ2v) is 7.21. The van der Waals surface area contributed by atoms with Crippen LogP contribution in [0.25, 0.3) is 0 Å². The quantitative estimate of drug-likeness (QED) is 0.172. The van der Waals surface area contributed by atoms with Gasteiger partial charge >= 0.3 is 5.97 Å². The minimum Gasteiger partial charge on any atom is -0.497 e. The number of carbonyl (C=O) groups excluding carboxylic acids is 4. The zero-order valence-electron chi connectivity index (χ0n) is 17.7. The predicted molar refractivity (Wildman–Crippen MR) is 118 cm³/mol. The normalized spacial score (nSPS) is 12.3. The van der Waals surface area contributed by atoms with Gasteiger partial charge in [0.25, 0.3) is 17.5 Å². The Morgan fingerprint density at radius 1 is 0.912 bits per heavy atom. The standard InChI is InChI=1S/C24H16N2O8/c1-33-18-4-2-3-14(11-18)21(27)13-34-24(30)15-5-10-19-20(12-15)23(29)25(22(19)28)16-6-8-17(9-7-16)26(31)32/h2-12H,13H2,1H3. The van der Waals surface area contributed by atoms with Crippen molar-refractivity contribution < 1.29 is 33.6 Å². The average Bonchev–Trinajstić information content (AvgIpc) is 3.11.